The van der Waals surface area contributed by atoms with E-state index in [1.165, 1.54) is 6.33 Å². The van der Waals surface area contributed by atoms with Crippen molar-refractivity contribution in [3.05, 3.63) is 35.2 Å². The molecule has 1 aromatic carbocycles. The van der Waals surface area contributed by atoms with Crippen LogP contribution in [0, 0.1) is 6.92 Å². The molecule has 12 heavy (non-hydrogen) atoms. The Bertz CT molecular complexity index is 426. The van der Waals surface area contributed by atoms with E-state index in [9.17, 15) is 0 Å². The molecule has 2 aromatic rings. The van der Waals surface area contributed by atoms with Gasteiger partial charge < -0.3 is 0 Å². The summed E-state index contributed by atoms with van der Waals surface area (Å²) in [6.45, 7) is 1.99. The fourth-order valence-corrected chi connectivity index (χ4v) is 1.49. The zero-order valence-electron chi connectivity index (χ0n) is 6.58. The molecular weight excluding hydrogens is 172 g/mol. The van der Waals surface area contributed by atoms with Gasteiger partial charge in [0.1, 0.15) is 6.33 Å². The molecule has 1 heterocycles. The van der Waals surface area contributed by atoms with E-state index in [0.717, 1.165) is 16.5 Å². The van der Waals surface area contributed by atoms with Crippen molar-refractivity contribution in [2.75, 3.05) is 0 Å². The molecule has 0 radical (unpaired) electrons. The molecule has 0 aliphatic rings. The van der Waals surface area contributed by atoms with Gasteiger partial charge in [-0.15, -0.1) is 0 Å². The summed E-state index contributed by atoms with van der Waals surface area (Å²) in [5, 5.41) is 1.62. The van der Waals surface area contributed by atoms with Crippen molar-refractivity contribution in [2.24, 2.45) is 0 Å². The third-order valence-corrected chi connectivity index (χ3v) is 2.03. The molecule has 0 bridgehead atoms. The maximum Gasteiger partial charge on any atom is 0.116 e. The van der Waals surface area contributed by atoms with E-state index in [1.54, 1.807) is 6.20 Å². The number of fused-ring (bicyclic) bond motifs is 1. The van der Waals surface area contributed by atoms with Crippen molar-refractivity contribution in [1.29, 1.82) is 0 Å². The summed E-state index contributed by atoms with van der Waals surface area (Å²) in [6, 6.07) is 3.90. The predicted molar refractivity (Wildman–Crippen MR) is 49.3 cm³/mol. The highest BCUT2D eigenvalue weighted by atomic mass is 35.5. The number of benzene rings is 1. The largest absolute Gasteiger partial charge is 0.244 e. The Balaban J connectivity index is 2.89. The Morgan fingerprint density at radius 3 is 3.00 bits per heavy atom. The minimum absolute atomic E-state index is 0.714. The second-order valence-electron chi connectivity index (χ2n) is 2.70. The fraction of sp³-hybridized carbons (Fsp3) is 0.111. The molecule has 0 fully saturated rings. The summed E-state index contributed by atoms with van der Waals surface area (Å²) < 4.78 is 0. The number of nitrogens with zero attached hydrogens (tertiary/aromatic N) is 2. The van der Waals surface area contributed by atoms with Gasteiger partial charge in [-0.25, -0.2) is 9.97 Å². The summed E-state index contributed by atoms with van der Waals surface area (Å²) in [4.78, 5) is 8.02. The highest BCUT2D eigenvalue weighted by molar-refractivity contribution is 6.35. The van der Waals surface area contributed by atoms with Gasteiger partial charge in [-0.2, -0.15) is 0 Å². The second-order valence-corrected chi connectivity index (χ2v) is 3.11. The van der Waals surface area contributed by atoms with Crippen LogP contribution in [0.5, 0.6) is 0 Å². The van der Waals surface area contributed by atoms with Crippen LogP contribution in [0.2, 0.25) is 5.02 Å². The Kier molecular flexibility index (Phi) is 1.70. The average Bonchev–Trinajstić information content (AvgIpc) is 2.04. The maximum atomic E-state index is 5.98. The molecule has 1 aromatic heterocycles. The van der Waals surface area contributed by atoms with E-state index in [0.29, 0.717) is 5.02 Å². The van der Waals surface area contributed by atoms with Crippen molar-refractivity contribution in [1.82, 2.24) is 9.97 Å². The lowest BCUT2D eigenvalue weighted by Crippen LogP contribution is -1.83. The molecule has 0 aliphatic heterocycles. The molecule has 3 heteroatoms. The second kappa shape index (κ2) is 2.72. The highest BCUT2D eigenvalue weighted by Gasteiger charge is 1.99. The summed E-state index contributed by atoms with van der Waals surface area (Å²) >= 11 is 5.98. The highest BCUT2D eigenvalue weighted by Crippen LogP contribution is 2.22. The lowest BCUT2D eigenvalue weighted by atomic mass is 10.2. The molecule has 2 nitrogen and oxygen atoms in total. The van der Waals surface area contributed by atoms with Gasteiger partial charge in [0.15, 0.2) is 0 Å². The quantitative estimate of drug-likeness (QED) is 0.620. The molecule has 0 saturated heterocycles. The van der Waals surface area contributed by atoms with E-state index in [1.807, 2.05) is 19.1 Å². The third-order valence-electron chi connectivity index (χ3n) is 1.72. The number of aryl methyl sites for hydroxylation is 1. The Hall–Kier alpha value is -1.15. The van der Waals surface area contributed by atoms with Crippen molar-refractivity contribution in [3.8, 4) is 0 Å². The molecule has 0 atom stereocenters. The van der Waals surface area contributed by atoms with E-state index < -0.39 is 0 Å². The van der Waals surface area contributed by atoms with E-state index in [4.69, 9.17) is 11.6 Å². The summed E-state index contributed by atoms with van der Waals surface area (Å²) in [6.07, 6.45) is 3.25. The SMILES string of the molecule is Cc1cc(Cl)c2cncnc2c1. The van der Waals surface area contributed by atoms with Crippen LogP contribution in [0.3, 0.4) is 0 Å². The molecule has 0 N–H and O–H groups in total. The first-order chi connectivity index (χ1) is 5.77. The summed E-state index contributed by atoms with van der Waals surface area (Å²) in [5.41, 5.74) is 2.02. The lowest BCUT2D eigenvalue weighted by Gasteiger charge is -1.99. The number of halogens is 1. The molecule has 0 aliphatic carbocycles. The van der Waals surface area contributed by atoms with Gasteiger partial charge >= 0.3 is 0 Å². The van der Waals surface area contributed by atoms with E-state index in [2.05, 4.69) is 9.97 Å². The molecule has 2 rings (SSSR count). The van der Waals surface area contributed by atoms with Crippen molar-refractivity contribution in [2.45, 2.75) is 6.92 Å². The predicted octanol–water partition coefficient (Wildman–Crippen LogP) is 2.59. The third kappa shape index (κ3) is 1.14. The first kappa shape index (κ1) is 7.50. The van der Waals surface area contributed by atoms with Crippen molar-refractivity contribution < 1.29 is 0 Å². The normalized spacial score (nSPS) is 10.5. The van der Waals surface area contributed by atoms with Gasteiger partial charge in [0.25, 0.3) is 0 Å². The van der Waals surface area contributed by atoms with Crippen LogP contribution < -0.4 is 0 Å². The van der Waals surface area contributed by atoms with Gasteiger partial charge in [0.2, 0.25) is 0 Å². The molecule has 0 saturated carbocycles. The first-order valence-electron chi connectivity index (χ1n) is 3.63. The summed E-state index contributed by atoms with van der Waals surface area (Å²) in [7, 11) is 0. The number of aromatic nitrogens is 2. The van der Waals surface area contributed by atoms with Gasteiger partial charge in [-0.3, -0.25) is 0 Å². The van der Waals surface area contributed by atoms with Gasteiger partial charge in [-0.1, -0.05) is 11.6 Å². The zero-order valence-corrected chi connectivity index (χ0v) is 7.34. The summed E-state index contributed by atoms with van der Waals surface area (Å²) in [5.74, 6) is 0. The zero-order chi connectivity index (χ0) is 8.55. The molecule has 60 valence electrons. The Morgan fingerprint density at radius 2 is 2.17 bits per heavy atom. The van der Waals surface area contributed by atoms with Crippen molar-refractivity contribution in [3.63, 3.8) is 0 Å². The fourth-order valence-electron chi connectivity index (χ4n) is 1.17. The maximum absolute atomic E-state index is 5.98. The standard InChI is InChI=1S/C9H7ClN2/c1-6-2-8(10)7-4-11-5-12-9(7)3-6/h2-5H,1H3. The minimum atomic E-state index is 0.714. The minimum Gasteiger partial charge on any atom is -0.244 e. The average molecular weight is 179 g/mol. The van der Waals surface area contributed by atoms with Crippen LogP contribution in [0.1, 0.15) is 5.56 Å². The molecular formula is C9H7ClN2. The number of hydrogen-bond acceptors (Lipinski definition) is 2. The van der Waals surface area contributed by atoms with Crippen LogP contribution in [0.4, 0.5) is 0 Å². The topological polar surface area (TPSA) is 25.8 Å². The van der Waals surface area contributed by atoms with Crippen LogP contribution in [-0.4, -0.2) is 9.97 Å². The smallest absolute Gasteiger partial charge is 0.116 e. The molecule has 0 amide bonds. The number of hydrogen-bond donors (Lipinski definition) is 0. The van der Waals surface area contributed by atoms with Crippen LogP contribution in [0.25, 0.3) is 10.9 Å². The van der Waals surface area contributed by atoms with Gasteiger partial charge in [-0.05, 0) is 24.6 Å². The first-order valence-corrected chi connectivity index (χ1v) is 4.01. The monoisotopic (exact) mass is 178 g/mol. The van der Waals surface area contributed by atoms with Crippen molar-refractivity contribution >= 4 is 22.5 Å². The van der Waals surface area contributed by atoms with Crippen LogP contribution in [-0.2, 0) is 0 Å². The van der Waals surface area contributed by atoms with Crippen LogP contribution in [0.15, 0.2) is 24.7 Å². The van der Waals surface area contributed by atoms with Gasteiger partial charge in [0, 0.05) is 11.6 Å². The molecule has 0 unspecified atom stereocenters. The van der Waals surface area contributed by atoms with Crippen LogP contribution >= 0.6 is 11.6 Å². The Morgan fingerprint density at radius 1 is 1.33 bits per heavy atom. The molecule has 0 spiro atoms. The van der Waals surface area contributed by atoms with E-state index in [-0.39, 0.29) is 0 Å². The van der Waals surface area contributed by atoms with Gasteiger partial charge in [0.05, 0.1) is 10.5 Å². The van der Waals surface area contributed by atoms with E-state index >= 15 is 0 Å². The number of rotatable bonds is 0. The Labute approximate surface area is 75.2 Å². The lowest BCUT2D eigenvalue weighted by molar-refractivity contribution is 1.22.